The molecule has 1 aromatic carbocycles. The number of nitrogens with one attached hydrogen (secondary N) is 1. The first-order valence-electron chi connectivity index (χ1n) is 5.94. The Kier molecular flexibility index (Phi) is 4.82. The fourth-order valence-electron chi connectivity index (χ4n) is 1.49. The van der Waals surface area contributed by atoms with Gasteiger partial charge in [-0.15, -0.1) is 0 Å². The first-order chi connectivity index (χ1) is 7.46. The zero-order chi connectivity index (χ0) is 12.2. The van der Waals surface area contributed by atoms with E-state index < -0.39 is 0 Å². The minimum Gasteiger partial charge on any atom is -0.310 e. The number of benzene rings is 1. The van der Waals surface area contributed by atoms with Crippen molar-refractivity contribution < 1.29 is 0 Å². The van der Waals surface area contributed by atoms with Crippen LogP contribution in [-0.2, 0) is 0 Å². The van der Waals surface area contributed by atoms with Crippen LogP contribution in [0.15, 0.2) is 24.3 Å². The van der Waals surface area contributed by atoms with Crippen LogP contribution in [0.5, 0.6) is 0 Å². The van der Waals surface area contributed by atoms with Crippen molar-refractivity contribution in [3.8, 4) is 0 Å². The molecule has 0 aliphatic carbocycles. The van der Waals surface area contributed by atoms with Gasteiger partial charge in [-0.25, -0.2) is 0 Å². The van der Waals surface area contributed by atoms with Gasteiger partial charge in [-0.2, -0.15) is 0 Å². The van der Waals surface area contributed by atoms with Gasteiger partial charge >= 0.3 is 0 Å². The second-order valence-corrected chi connectivity index (χ2v) is 5.55. The van der Waals surface area contributed by atoms with Crippen molar-refractivity contribution in [3.63, 3.8) is 0 Å². The van der Waals surface area contributed by atoms with Crippen LogP contribution >= 0.6 is 11.6 Å². The Hall–Kier alpha value is -0.530. The van der Waals surface area contributed by atoms with Gasteiger partial charge in [0, 0.05) is 17.6 Å². The maximum Gasteiger partial charge on any atom is 0.0453 e. The Morgan fingerprint density at radius 3 is 2.50 bits per heavy atom. The number of hydrogen-bond donors (Lipinski definition) is 1. The van der Waals surface area contributed by atoms with E-state index in [0.29, 0.717) is 11.5 Å². The topological polar surface area (TPSA) is 12.0 Å². The van der Waals surface area contributed by atoms with Crippen LogP contribution in [0.25, 0.3) is 0 Å². The van der Waals surface area contributed by atoms with E-state index in [1.807, 2.05) is 18.2 Å². The molecule has 0 saturated heterocycles. The van der Waals surface area contributed by atoms with E-state index in [9.17, 15) is 0 Å². The molecule has 0 amide bonds. The molecule has 16 heavy (non-hydrogen) atoms. The van der Waals surface area contributed by atoms with Gasteiger partial charge in [0.15, 0.2) is 0 Å². The molecule has 1 atom stereocenters. The van der Waals surface area contributed by atoms with Crippen molar-refractivity contribution in [1.29, 1.82) is 0 Å². The van der Waals surface area contributed by atoms with E-state index in [0.717, 1.165) is 11.6 Å². The predicted molar refractivity (Wildman–Crippen MR) is 71.9 cm³/mol. The molecule has 0 aliphatic rings. The number of rotatable bonds is 5. The Morgan fingerprint density at radius 1 is 1.31 bits per heavy atom. The van der Waals surface area contributed by atoms with Gasteiger partial charge in [0.25, 0.3) is 0 Å². The van der Waals surface area contributed by atoms with Gasteiger partial charge in [0.1, 0.15) is 0 Å². The maximum absolute atomic E-state index is 6.16. The maximum atomic E-state index is 6.16. The highest BCUT2D eigenvalue weighted by atomic mass is 35.5. The van der Waals surface area contributed by atoms with Crippen molar-refractivity contribution in [1.82, 2.24) is 5.32 Å². The summed E-state index contributed by atoms with van der Waals surface area (Å²) >= 11 is 6.16. The van der Waals surface area contributed by atoms with Crippen LogP contribution in [-0.4, -0.2) is 6.54 Å². The summed E-state index contributed by atoms with van der Waals surface area (Å²) < 4.78 is 0. The highest BCUT2D eigenvalue weighted by Crippen LogP contribution is 2.24. The summed E-state index contributed by atoms with van der Waals surface area (Å²) in [5.41, 5.74) is 1.52. The zero-order valence-corrected chi connectivity index (χ0v) is 11.4. The molecule has 1 N–H and O–H groups in total. The Balaban J connectivity index is 2.60. The van der Waals surface area contributed by atoms with Crippen molar-refractivity contribution >= 4 is 11.6 Å². The van der Waals surface area contributed by atoms with Crippen molar-refractivity contribution in [2.45, 2.75) is 40.2 Å². The molecule has 2 heteroatoms. The molecule has 0 saturated carbocycles. The summed E-state index contributed by atoms with van der Waals surface area (Å²) in [5, 5.41) is 4.39. The summed E-state index contributed by atoms with van der Waals surface area (Å²) in [6, 6.07) is 8.33. The van der Waals surface area contributed by atoms with E-state index in [1.54, 1.807) is 0 Å². The molecule has 1 nitrogen and oxygen atoms in total. The zero-order valence-electron chi connectivity index (χ0n) is 10.7. The van der Waals surface area contributed by atoms with Crippen molar-refractivity contribution in [2.75, 3.05) is 6.54 Å². The van der Waals surface area contributed by atoms with Gasteiger partial charge in [0.05, 0.1) is 0 Å². The van der Waals surface area contributed by atoms with Crippen molar-refractivity contribution in [2.24, 2.45) is 5.41 Å². The molecule has 0 spiro atoms. The first-order valence-corrected chi connectivity index (χ1v) is 6.32. The summed E-state index contributed by atoms with van der Waals surface area (Å²) in [4.78, 5) is 0. The third-order valence-electron chi connectivity index (χ3n) is 3.22. The SMILES string of the molecule is CCC(C)(C)CNC(C)c1ccccc1Cl. The van der Waals surface area contributed by atoms with E-state index in [1.165, 1.54) is 12.0 Å². The predicted octanol–water partition coefficient (Wildman–Crippen LogP) is 4.43. The molecular weight excluding hydrogens is 218 g/mol. The molecule has 0 bridgehead atoms. The van der Waals surface area contributed by atoms with Crippen LogP contribution in [0.1, 0.15) is 45.7 Å². The second-order valence-electron chi connectivity index (χ2n) is 5.14. The highest BCUT2D eigenvalue weighted by molar-refractivity contribution is 6.31. The lowest BCUT2D eigenvalue weighted by Crippen LogP contribution is -2.30. The van der Waals surface area contributed by atoms with Gasteiger partial charge in [-0.3, -0.25) is 0 Å². The van der Waals surface area contributed by atoms with E-state index in [2.05, 4.69) is 39.1 Å². The molecule has 1 rings (SSSR count). The molecule has 0 radical (unpaired) electrons. The fraction of sp³-hybridized carbons (Fsp3) is 0.571. The smallest absolute Gasteiger partial charge is 0.0453 e. The molecule has 1 aromatic rings. The Morgan fingerprint density at radius 2 is 1.94 bits per heavy atom. The van der Waals surface area contributed by atoms with Gasteiger partial charge < -0.3 is 5.32 Å². The summed E-state index contributed by atoms with van der Waals surface area (Å²) in [6.07, 6.45) is 1.18. The molecule has 0 fully saturated rings. The van der Waals surface area contributed by atoms with Crippen LogP contribution in [0.2, 0.25) is 5.02 Å². The summed E-state index contributed by atoms with van der Waals surface area (Å²) in [7, 11) is 0. The third-order valence-corrected chi connectivity index (χ3v) is 3.56. The normalized spacial score (nSPS) is 13.8. The average molecular weight is 240 g/mol. The quantitative estimate of drug-likeness (QED) is 0.802. The van der Waals surface area contributed by atoms with Gasteiger partial charge in [-0.05, 0) is 30.4 Å². The molecule has 90 valence electrons. The third kappa shape index (κ3) is 3.80. The largest absolute Gasteiger partial charge is 0.310 e. The number of hydrogen-bond acceptors (Lipinski definition) is 1. The van der Waals surface area contributed by atoms with E-state index in [4.69, 9.17) is 11.6 Å². The molecule has 0 aliphatic heterocycles. The molecule has 1 unspecified atom stereocenters. The highest BCUT2D eigenvalue weighted by Gasteiger charge is 2.17. The Labute approximate surface area is 104 Å². The lowest BCUT2D eigenvalue weighted by atomic mass is 9.90. The molecule has 0 aromatic heterocycles. The fourth-order valence-corrected chi connectivity index (χ4v) is 1.79. The lowest BCUT2D eigenvalue weighted by Gasteiger charge is -2.26. The molecular formula is C14H22ClN. The molecule has 0 heterocycles. The van der Waals surface area contributed by atoms with E-state index in [-0.39, 0.29) is 0 Å². The van der Waals surface area contributed by atoms with Crippen LogP contribution < -0.4 is 5.32 Å². The van der Waals surface area contributed by atoms with Crippen LogP contribution in [0, 0.1) is 5.41 Å². The van der Waals surface area contributed by atoms with Gasteiger partial charge in [-0.1, -0.05) is 50.6 Å². The second kappa shape index (κ2) is 5.70. The minimum absolute atomic E-state index is 0.305. The average Bonchev–Trinajstić information content (AvgIpc) is 2.27. The monoisotopic (exact) mass is 239 g/mol. The standard InChI is InChI=1S/C14H22ClN/c1-5-14(3,4)10-16-11(2)12-8-6-7-9-13(12)15/h6-9,11,16H,5,10H2,1-4H3. The minimum atomic E-state index is 0.305. The van der Waals surface area contributed by atoms with Crippen LogP contribution in [0.4, 0.5) is 0 Å². The summed E-state index contributed by atoms with van der Waals surface area (Å²) in [5.74, 6) is 0. The van der Waals surface area contributed by atoms with Gasteiger partial charge in [0.2, 0.25) is 0 Å². The van der Waals surface area contributed by atoms with Crippen molar-refractivity contribution in [3.05, 3.63) is 34.9 Å². The first kappa shape index (κ1) is 13.5. The summed E-state index contributed by atoms with van der Waals surface area (Å²) in [6.45, 7) is 9.95. The van der Waals surface area contributed by atoms with E-state index >= 15 is 0 Å². The van der Waals surface area contributed by atoms with Crippen LogP contribution in [0.3, 0.4) is 0 Å². The number of halogens is 1. The lowest BCUT2D eigenvalue weighted by molar-refractivity contribution is 0.314. The Bertz CT molecular complexity index is 333.